The third-order valence-corrected chi connectivity index (χ3v) is 6.14. The number of nitrogens with zero attached hydrogens (tertiary/aromatic N) is 1. The second-order valence-electron chi connectivity index (χ2n) is 7.18. The Morgan fingerprint density at radius 3 is 2.72 bits per heavy atom. The minimum absolute atomic E-state index is 0.165. The fourth-order valence-corrected chi connectivity index (χ4v) is 4.77. The number of carbonyl (C=O) groups is 1. The molecule has 0 spiro atoms. The van der Waals surface area contributed by atoms with Gasteiger partial charge in [-0.05, 0) is 56.4 Å². The Balaban J connectivity index is 1.78. The third kappa shape index (κ3) is 3.18. The number of fused-ring (bicyclic) bond motifs is 4. The Labute approximate surface area is 180 Å². The fraction of sp³-hybridized carbons (Fsp3) is 0.333. The molecule has 0 aromatic heterocycles. The van der Waals surface area contributed by atoms with Crippen LogP contribution in [-0.4, -0.2) is 35.3 Å². The summed E-state index contributed by atoms with van der Waals surface area (Å²) in [7, 11) is 1.60. The van der Waals surface area contributed by atoms with Crippen LogP contribution in [0.4, 0.5) is 5.69 Å². The minimum atomic E-state index is -0.972. The Bertz CT molecular complexity index is 968. The number of carbonyl (C=O) groups excluding carboxylic acids is 1. The standard InChI is InChI=1S/C21H22ClN3O3S/c1-4-25-20(29)24-17-14-6-5-7-15(27-3)18(14)28-21(25,2)16(17)19(26)23-13-10-8-12(22)9-11-13/h5-11,16-17H,4H2,1-3H3,(H,23,26)(H,24,29)/t16-,17-,21+/m0/s1. The predicted molar refractivity (Wildman–Crippen MR) is 116 cm³/mol. The highest BCUT2D eigenvalue weighted by molar-refractivity contribution is 7.80. The first-order valence-corrected chi connectivity index (χ1v) is 10.2. The molecule has 2 N–H and O–H groups in total. The van der Waals surface area contributed by atoms with Crippen molar-refractivity contribution in [2.75, 3.05) is 19.0 Å². The highest BCUT2D eigenvalue weighted by atomic mass is 35.5. The number of para-hydroxylation sites is 1. The van der Waals surface area contributed by atoms with E-state index in [1.165, 1.54) is 0 Å². The van der Waals surface area contributed by atoms with Crippen LogP contribution >= 0.6 is 23.8 Å². The van der Waals surface area contributed by atoms with Gasteiger partial charge >= 0.3 is 0 Å². The zero-order valence-electron chi connectivity index (χ0n) is 16.4. The molecule has 0 saturated carbocycles. The number of methoxy groups -OCH3 is 1. The van der Waals surface area contributed by atoms with Gasteiger partial charge in [-0.15, -0.1) is 0 Å². The largest absolute Gasteiger partial charge is 0.493 e. The van der Waals surface area contributed by atoms with Crippen LogP contribution in [0.5, 0.6) is 11.5 Å². The molecular formula is C21H22ClN3O3S. The molecule has 2 aliphatic rings. The summed E-state index contributed by atoms with van der Waals surface area (Å²) in [6, 6.07) is 12.3. The fourth-order valence-electron chi connectivity index (χ4n) is 4.21. The van der Waals surface area contributed by atoms with Gasteiger partial charge in [0, 0.05) is 22.8 Å². The van der Waals surface area contributed by atoms with Gasteiger partial charge in [0.05, 0.1) is 13.2 Å². The van der Waals surface area contributed by atoms with Crippen molar-refractivity contribution in [1.29, 1.82) is 0 Å². The van der Waals surface area contributed by atoms with E-state index >= 15 is 0 Å². The molecule has 1 saturated heterocycles. The first-order valence-electron chi connectivity index (χ1n) is 9.39. The average molecular weight is 432 g/mol. The van der Waals surface area contributed by atoms with Crippen molar-refractivity contribution >= 4 is 40.5 Å². The summed E-state index contributed by atoms with van der Waals surface area (Å²) in [4.78, 5) is 15.3. The molecule has 6 nitrogen and oxygen atoms in total. The van der Waals surface area contributed by atoms with Crippen LogP contribution in [0, 0.1) is 5.92 Å². The summed E-state index contributed by atoms with van der Waals surface area (Å²) in [6.07, 6.45) is 0. The second kappa shape index (κ2) is 7.39. The molecule has 1 amide bonds. The quantitative estimate of drug-likeness (QED) is 0.714. The van der Waals surface area contributed by atoms with Crippen molar-refractivity contribution in [2.24, 2.45) is 5.92 Å². The first-order chi connectivity index (χ1) is 13.9. The van der Waals surface area contributed by atoms with Gasteiger partial charge in [0.2, 0.25) is 5.91 Å². The van der Waals surface area contributed by atoms with E-state index in [1.807, 2.05) is 36.9 Å². The Kier molecular flexibility index (Phi) is 5.04. The first kappa shape index (κ1) is 19.8. The molecule has 2 aliphatic heterocycles. The summed E-state index contributed by atoms with van der Waals surface area (Å²) >= 11 is 11.5. The van der Waals surface area contributed by atoms with Crippen molar-refractivity contribution < 1.29 is 14.3 Å². The highest BCUT2D eigenvalue weighted by Gasteiger charge is 2.58. The average Bonchev–Trinajstić information content (AvgIpc) is 2.69. The van der Waals surface area contributed by atoms with E-state index < -0.39 is 11.6 Å². The Hall–Kier alpha value is -2.51. The van der Waals surface area contributed by atoms with Gasteiger partial charge in [0.1, 0.15) is 5.92 Å². The minimum Gasteiger partial charge on any atom is -0.493 e. The van der Waals surface area contributed by atoms with Crippen LogP contribution in [0.3, 0.4) is 0 Å². The smallest absolute Gasteiger partial charge is 0.236 e. The van der Waals surface area contributed by atoms with Crippen molar-refractivity contribution in [3.63, 3.8) is 0 Å². The normalized spacial score (nSPS) is 24.8. The number of thiocarbonyl (C=S) groups is 1. The third-order valence-electron chi connectivity index (χ3n) is 5.55. The van der Waals surface area contributed by atoms with Crippen LogP contribution in [0.2, 0.25) is 5.02 Å². The number of hydrogen-bond donors (Lipinski definition) is 2. The van der Waals surface area contributed by atoms with Crippen LogP contribution in [0.25, 0.3) is 0 Å². The SMILES string of the molecule is CCN1C(=S)N[C@H]2c3cccc(OC)c3O[C@]1(C)[C@@H]2C(=O)Nc1ccc(Cl)cc1. The monoisotopic (exact) mass is 431 g/mol. The highest BCUT2D eigenvalue weighted by Crippen LogP contribution is 2.51. The zero-order valence-corrected chi connectivity index (χ0v) is 17.9. The zero-order chi connectivity index (χ0) is 20.8. The van der Waals surface area contributed by atoms with E-state index in [0.717, 1.165) is 5.56 Å². The number of anilines is 1. The predicted octanol–water partition coefficient (Wildman–Crippen LogP) is 3.96. The summed E-state index contributed by atoms with van der Waals surface area (Å²) < 4.78 is 12.0. The molecule has 2 aromatic rings. The van der Waals surface area contributed by atoms with Crippen molar-refractivity contribution in [2.45, 2.75) is 25.6 Å². The number of amides is 1. The molecule has 0 aliphatic carbocycles. The Morgan fingerprint density at radius 2 is 2.07 bits per heavy atom. The van der Waals surface area contributed by atoms with Gasteiger partial charge in [0.25, 0.3) is 0 Å². The molecule has 1 fully saturated rings. The number of benzene rings is 2. The van der Waals surface area contributed by atoms with Crippen LogP contribution in [0.15, 0.2) is 42.5 Å². The lowest BCUT2D eigenvalue weighted by Gasteiger charge is -2.56. The molecule has 0 radical (unpaired) electrons. The molecule has 2 heterocycles. The molecule has 2 bridgehead atoms. The number of halogens is 1. The van der Waals surface area contributed by atoms with Crippen molar-refractivity contribution in [3.05, 3.63) is 53.1 Å². The van der Waals surface area contributed by atoms with Crippen LogP contribution in [-0.2, 0) is 4.79 Å². The van der Waals surface area contributed by atoms with E-state index in [1.54, 1.807) is 31.4 Å². The lowest BCUT2D eigenvalue weighted by Crippen LogP contribution is -2.71. The summed E-state index contributed by atoms with van der Waals surface area (Å²) in [6.45, 7) is 4.47. The van der Waals surface area contributed by atoms with E-state index in [2.05, 4.69) is 10.6 Å². The molecule has 2 aromatic carbocycles. The van der Waals surface area contributed by atoms with Crippen LogP contribution in [0.1, 0.15) is 25.5 Å². The maximum Gasteiger partial charge on any atom is 0.236 e. The molecular weight excluding hydrogens is 410 g/mol. The van der Waals surface area contributed by atoms with Gasteiger partial charge in [-0.3, -0.25) is 4.79 Å². The van der Waals surface area contributed by atoms with Gasteiger partial charge in [0.15, 0.2) is 22.3 Å². The van der Waals surface area contributed by atoms with E-state index in [0.29, 0.717) is 33.9 Å². The number of hydrogen-bond acceptors (Lipinski definition) is 4. The van der Waals surface area contributed by atoms with E-state index in [9.17, 15) is 4.79 Å². The lowest BCUT2D eigenvalue weighted by atomic mass is 9.78. The van der Waals surface area contributed by atoms with Gasteiger partial charge in [-0.25, -0.2) is 0 Å². The number of ether oxygens (including phenoxy) is 2. The van der Waals surface area contributed by atoms with Crippen LogP contribution < -0.4 is 20.1 Å². The molecule has 4 rings (SSSR count). The molecule has 8 heteroatoms. The number of rotatable bonds is 4. The van der Waals surface area contributed by atoms with E-state index in [4.69, 9.17) is 33.3 Å². The molecule has 152 valence electrons. The van der Waals surface area contributed by atoms with Crippen molar-refractivity contribution in [3.8, 4) is 11.5 Å². The molecule has 3 atom stereocenters. The van der Waals surface area contributed by atoms with Gasteiger partial charge in [-0.2, -0.15) is 0 Å². The summed E-state index contributed by atoms with van der Waals surface area (Å²) in [5.74, 6) is 0.540. The molecule has 29 heavy (non-hydrogen) atoms. The van der Waals surface area contributed by atoms with Crippen molar-refractivity contribution in [1.82, 2.24) is 10.2 Å². The molecule has 0 unspecified atom stereocenters. The van der Waals surface area contributed by atoms with Gasteiger partial charge in [-0.1, -0.05) is 23.7 Å². The number of nitrogens with one attached hydrogen (secondary N) is 2. The maximum absolute atomic E-state index is 13.4. The lowest BCUT2D eigenvalue weighted by molar-refractivity contribution is -0.149. The summed E-state index contributed by atoms with van der Waals surface area (Å²) in [5, 5.41) is 7.51. The topological polar surface area (TPSA) is 62.8 Å². The summed E-state index contributed by atoms with van der Waals surface area (Å²) in [5.41, 5.74) is 0.541. The maximum atomic E-state index is 13.4. The second-order valence-corrected chi connectivity index (χ2v) is 8.00. The van der Waals surface area contributed by atoms with Gasteiger partial charge < -0.3 is 25.0 Å². The Morgan fingerprint density at radius 1 is 1.34 bits per heavy atom. The van der Waals surface area contributed by atoms with E-state index in [-0.39, 0.29) is 11.9 Å².